The van der Waals surface area contributed by atoms with Gasteiger partial charge < -0.3 is 14.7 Å². The summed E-state index contributed by atoms with van der Waals surface area (Å²) in [6.07, 6.45) is 0. The van der Waals surface area contributed by atoms with Crippen LogP contribution in [0.15, 0.2) is 46.9 Å². The van der Waals surface area contributed by atoms with E-state index in [1.165, 1.54) is 0 Å². The normalized spacial score (nSPS) is 11.2. The number of nitrogens with zero attached hydrogens (tertiary/aromatic N) is 1. The summed E-state index contributed by atoms with van der Waals surface area (Å²) in [4.78, 5) is 19.7. The largest absolute Gasteiger partial charge is 0.441 e. The molecule has 4 rings (SSSR count). The number of hydrogen-bond donors (Lipinski definition) is 2. The molecular weight excluding hydrogens is 314 g/mol. The van der Waals surface area contributed by atoms with E-state index in [4.69, 9.17) is 16.0 Å². The summed E-state index contributed by atoms with van der Waals surface area (Å²) in [5.41, 5.74) is 3.33. The summed E-state index contributed by atoms with van der Waals surface area (Å²) in [6, 6.07) is 12.6. The van der Waals surface area contributed by atoms with E-state index >= 15 is 0 Å². The number of rotatable bonds is 2. The summed E-state index contributed by atoms with van der Waals surface area (Å²) >= 11 is 6.13. The molecule has 2 aromatic carbocycles. The molecule has 2 N–H and O–H groups in total. The number of carbonyl (C=O) groups is 1. The van der Waals surface area contributed by atoms with Gasteiger partial charge in [-0.25, -0.2) is 4.98 Å². The Kier molecular flexibility index (Phi) is 3.09. The molecule has 2 aromatic heterocycles. The van der Waals surface area contributed by atoms with Crippen LogP contribution in [-0.2, 0) is 0 Å². The minimum atomic E-state index is -0.239. The zero-order valence-corrected chi connectivity index (χ0v) is 12.9. The Morgan fingerprint density at radius 1 is 1.26 bits per heavy atom. The predicted molar refractivity (Wildman–Crippen MR) is 90.0 cm³/mol. The molecule has 0 spiro atoms. The first-order chi connectivity index (χ1) is 11.1. The second-order valence-electron chi connectivity index (χ2n) is 5.25. The van der Waals surface area contributed by atoms with Crippen LogP contribution in [0.25, 0.3) is 22.0 Å². The van der Waals surface area contributed by atoms with Gasteiger partial charge in [-0.3, -0.25) is 4.79 Å². The summed E-state index contributed by atoms with van der Waals surface area (Å²) in [5, 5.41) is 4.27. The Hall–Kier alpha value is -2.79. The number of nitrogens with one attached hydrogen (secondary N) is 2. The van der Waals surface area contributed by atoms with Gasteiger partial charge in [0.1, 0.15) is 11.2 Å². The van der Waals surface area contributed by atoms with E-state index < -0.39 is 0 Å². The number of aryl methyl sites for hydroxylation is 1. The lowest BCUT2D eigenvalue weighted by Gasteiger charge is -2.02. The minimum Gasteiger partial charge on any atom is -0.441 e. The average molecular weight is 326 g/mol. The lowest BCUT2D eigenvalue weighted by Crippen LogP contribution is -2.12. The van der Waals surface area contributed by atoms with Crippen molar-refractivity contribution < 1.29 is 9.21 Å². The van der Waals surface area contributed by atoms with E-state index in [1.54, 1.807) is 37.3 Å². The van der Waals surface area contributed by atoms with E-state index in [-0.39, 0.29) is 5.91 Å². The third-order valence-electron chi connectivity index (χ3n) is 3.61. The third kappa shape index (κ3) is 2.45. The predicted octanol–water partition coefficient (Wildman–Crippen LogP) is 4.52. The number of aromatic amines is 1. The number of benzene rings is 2. The van der Waals surface area contributed by atoms with Gasteiger partial charge >= 0.3 is 0 Å². The molecule has 0 unspecified atom stereocenters. The van der Waals surface area contributed by atoms with Gasteiger partial charge in [0.05, 0.1) is 0 Å². The van der Waals surface area contributed by atoms with Crippen molar-refractivity contribution in [2.75, 3.05) is 5.32 Å². The molecule has 0 radical (unpaired) electrons. The van der Waals surface area contributed by atoms with Crippen molar-refractivity contribution in [1.29, 1.82) is 0 Å². The molecule has 0 saturated heterocycles. The number of halogens is 1. The Labute approximate surface area is 136 Å². The number of carbonyl (C=O) groups excluding carboxylic acids is 1. The van der Waals surface area contributed by atoms with Crippen LogP contribution in [0.5, 0.6) is 0 Å². The second kappa shape index (κ2) is 5.14. The first-order valence-corrected chi connectivity index (χ1v) is 7.44. The number of oxazole rings is 1. The lowest BCUT2D eigenvalue weighted by atomic mass is 10.2. The zero-order chi connectivity index (χ0) is 16.0. The second-order valence-corrected chi connectivity index (χ2v) is 5.66. The molecular formula is C17H12ClN3O2. The van der Waals surface area contributed by atoms with Gasteiger partial charge in [0.2, 0.25) is 0 Å². The first-order valence-electron chi connectivity index (χ1n) is 7.06. The minimum absolute atomic E-state index is 0.239. The molecule has 0 bridgehead atoms. The van der Waals surface area contributed by atoms with Crippen LogP contribution < -0.4 is 5.32 Å². The average Bonchev–Trinajstić information content (AvgIpc) is 3.10. The van der Waals surface area contributed by atoms with E-state index in [9.17, 15) is 4.79 Å². The molecule has 6 heteroatoms. The third-order valence-corrected chi connectivity index (χ3v) is 3.94. The number of aromatic nitrogens is 2. The highest BCUT2D eigenvalue weighted by Gasteiger charge is 2.12. The van der Waals surface area contributed by atoms with Gasteiger partial charge in [-0.15, -0.1) is 0 Å². The molecule has 2 heterocycles. The van der Waals surface area contributed by atoms with Crippen LogP contribution >= 0.6 is 11.6 Å². The maximum Gasteiger partial charge on any atom is 0.272 e. The van der Waals surface area contributed by atoms with Gasteiger partial charge in [0, 0.05) is 28.5 Å². The van der Waals surface area contributed by atoms with Crippen LogP contribution in [0.4, 0.5) is 5.69 Å². The summed E-state index contributed by atoms with van der Waals surface area (Å²) < 4.78 is 5.42. The number of hydrogen-bond acceptors (Lipinski definition) is 3. The lowest BCUT2D eigenvalue weighted by molar-refractivity contribution is 0.102. The molecule has 4 aromatic rings. The van der Waals surface area contributed by atoms with Crippen molar-refractivity contribution in [2.45, 2.75) is 6.92 Å². The summed E-state index contributed by atoms with van der Waals surface area (Å²) in [5.74, 6) is 0.352. The standard InChI is InChI=1S/C17H12ClN3O2/c1-9-19-14-7-10(5-6-16(14)23-9)20-17(22)15-8-11-12(18)3-2-4-13(11)21-15/h2-8,21H,1H3,(H,20,22). The summed E-state index contributed by atoms with van der Waals surface area (Å²) in [7, 11) is 0. The SMILES string of the molecule is Cc1nc2cc(NC(=O)c3cc4c(Cl)cccc4[nH]3)ccc2o1. The first kappa shape index (κ1) is 13.8. The van der Waals surface area contributed by atoms with Crippen LogP contribution in [0.1, 0.15) is 16.4 Å². The van der Waals surface area contributed by atoms with Crippen molar-refractivity contribution in [1.82, 2.24) is 9.97 Å². The van der Waals surface area contributed by atoms with Crippen LogP contribution in [0.3, 0.4) is 0 Å². The van der Waals surface area contributed by atoms with E-state index in [2.05, 4.69) is 15.3 Å². The zero-order valence-electron chi connectivity index (χ0n) is 12.2. The van der Waals surface area contributed by atoms with Gasteiger partial charge in [-0.1, -0.05) is 17.7 Å². The highest BCUT2D eigenvalue weighted by molar-refractivity contribution is 6.35. The molecule has 23 heavy (non-hydrogen) atoms. The molecule has 1 amide bonds. The Morgan fingerprint density at radius 3 is 2.96 bits per heavy atom. The van der Waals surface area contributed by atoms with Crippen molar-refractivity contribution in [2.24, 2.45) is 0 Å². The number of H-pyrrole nitrogens is 1. The summed E-state index contributed by atoms with van der Waals surface area (Å²) in [6.45, 7) is 1.78. The highest BCUT2D eigenvalue weighted by Crippen LogP contribution is 2.25. The number of amides is 1. The monoisotopic (exact) mass is 325 g/mol. The Morgan fingerprint density at radius 2 is 2.13 bits per heavy atom. The fraction of sp³-hybridized carbons (Fsp3) is 0.0588. The van der Waals surface area contributed by atoms with Gasteiger partial charge in [-0.2, -0.15) is 0 Å². The molecule has 0 saturated carbocycles. The van der Waals surface area contributed by atoms with Crippen molar-refractivity contribution in [3.63, 3.8) is 0 Å². The molecule has 0 atom stereocenters. The van der Waals surface area contributed by atoms with Gasteiger partial charge in [-0.05, 0) is 36.4 Å². The topological polar surface area (TPSA) is 70.9 Å². The van der Waals surface area contributed by atoms with Gasteiger partial charge in [0.15, 0.2) is 11.5 Å². The Balaban J connectivity index is 1.65. The number of anilines is 1. The quantitative estimate of drug-likeness (QED) is 0.569. The molecule has 0 aliphatic rings. The number of fused-ring (bicyclic) bond motifs is 2. The van der Waals surface area contributed by atoms with Crippen molar-refractivity contribution in [3.8, 4) is 0 Å². The van der Waals surface area contributed by atoms with Crippen molar-refractivity contribution >= 4 is 45.2 Å². The van der Waals surface area contributed by atoms with E-state index in [0.717, 1.165) is 10.9 Å². The van der Waals surface area contributed by atoms with Crippen molar-refractivity contribution in [3.05, 3.63) is 59.1 Å². The van der Waals surface area contributed by atoms with Crippen LogP contribution in [-0.4, -0.2) is 15.9 Å². The Bertz CT molecular complexity index is 1050. The molecule has 0 fully saturated rings. The van der Waals surface area contributed by atoms with E-state index in [1.807, 2.05) is 12.1 Å². The van der Waals surface area contributed by atoms with Gasteiger partial charge in [0.25, 0.3) is 5.91 Å². The molecule has 5 nitrogen and oxygen atoms in total. The maximum atomic E-state index is 12.4. The molecule has 0 aliphatic heterocycles. The fourth-order valence-electron chi connectivity index (χ4n) is 2.56. The van der Waals surface area contributed by atoms with Crippen LogP contribution in [0.2, 0.25) is 5.02 Å². The molecule has 0 aliphatic carbocycles. The molecule has 114 valence electrons. The smallest absolute Gasteiger partial charge is 0.272 e. The highest BCUT2D eigenvalue weighted by atomic mass is 35.5. The fourth-order valence-corrected chi connectivity index (χ4v) is 2.79. The van der Waals surface area contributed by atoms with Crippen LogP contribution in [0, 0.1) is 6.92 Å². The maximum absolute atomic E-state index is 12.4. The van der Waals surface area contributed by atoms with E-state index in [0.29, 0.717) is 33.4 Å².